The van der Waals surface area contributed by atoms with Crippen LogP contribution in [0.2, 0.25) is 0 Å². The van der Waals surface area contributed by atoms with E-state index in [1.54, 1.807) is 31.3 Å². The number of nitrogens with zero attached hydrogens (tertiary/aromatic N) is 3. The first-order valence-electron chi connectivity index (χ1n) is 11.7. The van der Waals surface area contributed by atoms with Gasteiger partial charge in [0.2, 0.25) is 0 Å². The fourth-order valence-corrected chi connectivity index (χ4v) is 4.98. The maximum atomic E-state index is 13.1. The van der Waals surface area contributed by atoms with E-state index in [0.717, 1.165) is 45.3 Å². The number of carbonyl (C=O) groups excluding carboxylic acids is 1. The summed E-state index contributed by atoms with van der Waals surface area (Å²) in [6.45, 7) is 1.98. The standard InChI is InChI=1S/C27H27N5O2S/c1-34-20-17-24-26(29-18-20)25(13-14-28-24)35-21-11-9-19(10-12-21)30-27(33)22-7-3-4-8-23(22)31-32-15-5-2-6-16-32/h3-4,7-14,17-18,31H,2,5-6,15-16H2,1H3,(H,30,33). The smallest absolute Gasteiger partial charge is 0.257 e. The first-order chi connectivity index (χ1) is 17.2. The number of hydrogen-bond acceptors (Lipinski definition) is 7. The Morgan fingerprint density at radius 1 is 1.00 bits per heavy atom. The number of methoxy groups -OCH3 is 1. The average molecular weight is 486 g/mol. The number of amides is 1. The van der Waals surface area contributed by atoms with E-state index in [-0.39, 0.29) is 5.91 Å². The van der Waals surface area contributed by atoms with E-state index in [1.165, 1.54) is 19.3 Å². The third-order valence-electron chi connectivity index (χ3n) is 5.90. The SMILES string of the molecule is COc1cnc2c(Sc3ccc(NC(=O)c4ccccc4NN4CCCCC4)cc3)ccnc2c1. The van der Waals surface area contributed by atoms with Crippen molar-refractivity contribution in [3.05, 3.63) is 78.6 Å². The van der Waals surface area contributed by atoms with E-state index in [2.05, 4.69) is 25.7 Å². The van der Waals surface area contributed by atoms with E-state index < -0.39 is 0 Å². The van der Waals surface area contributed by atoms with Crippen LogP contribution in [0.15, 0.2) is 82.8 Å². The molecule has 2 aromatic carbocycles. The highest BCUT2D eigenvalue weighted by Gasteiger charge is 2.15. The number of anilines is 2. The molecule has 0 radical (unpaired) electrons. The molecule has 5 rings (SSSR count). The molecule has 1 fully saturated rings. The minimum atomic E-state index is -0.135. The summed E-state index contributed by atoms with van der Waals surface area (Å²) in [5, 5.41) is 5.22. The van der Waals surface area contributed by atoms with Gasteiger partial charge in [0.1, 0.15) is 11.3 Å². The lowest BCUT2D eigenvalue weighted by atomic mass is 10.1. The molecule has 1 amide bonds. The van der Waals surface area contributed by atoms with Gasteiger partial charge in [-0.2, -0.15) is 0 Å². The number of rotatable bonds is 7. The predicted octanol–water partition coefficient (Wildman–Crippen LogP) is 5.85. The number of pyridine rings is 2. The Balaban J connectivity index is 1.27. The summed E-state index contributed by atoms with van der Waals surface area (Å²) < 4.78 is 5.25. The Morgan fingerprint density at radius 2 is 1.80 bits per heavy atom. The fraction of sp³-hybridized carbons (Fsp3) is 0.222. The molecule has 1 saturated heterocycles. The molecular weight excluding hydrogens is 458 g/mol. The largest absolute Gasteiger partial charge is 0.495 e. The molecule has 0 aliphatic carbocycles. The summed E-state index contributed by atoms with van der Waals surface area (Å²) in [6, 6.07) is 19.3. The molecule has 1 aliphatic rings. The van der Waals surface area contributed by atoms with Crippen molar-refractivity contribution in [3.63, 3.8) is 0 Å². The highest BCUT2D eigenvalue weighted by atomic mass is 32.2. The molecule has 0 unspecified atom stereocenters. The summed E-state index contributed by atoms with van der Waals surface area (Å²) in [6.07, 6.45) is 7.08. The molecule has 0 saturated carbocycles. The van der Waals surface area contributed by atoms with Crippen LogP contribution < -0.4 is 15.5 Å². The van der Waals surface area contributed by atoms with Crippen LogP contribution >= 0.6 is 11.8 Å². The minimum absolute atomic E-state index is 0.135. The molecule has 7 nitrogen and oxygen atoms in total. The monoisotopic (exact) mass is 485 g/mol. The van der Waals surface area contributed by atoms with Crippen molar-refractivity contribution in [1.29, 1.82) is 0 Å². The second-order valence-corrected chi connectivity index (χ2v) is 9.45. The summed E-state index contributed by atoms with van der Waals surface area (Å²) in [5.41, 5.74) is 7.24. The van der Waals surface area contributed by atoms with E-state index in [9.17, 15) is 4.79 Å². The van der Waals surface area contributed by atoms with Crippen LogP contribution in [0.25, 0.3) is 11.0 Å². The lowest BCUT2D eigenvalue weighted by Crippen LogP contribution is -2.35. The van der Waals surface area contributed by atoms with Crippen LogP contribution in [0.5, 0.6) is 5.75 Å². The number of hydrogen-bond donors (Lipinski definition) is 2. The second kappa shape index (κ2) is 10.8. The number of hydrazine groups is 1. The van der Waals surface area contributed by atoms with E-state index in [4.69, 9.17) is 4.74 Å². The molecule has 2 N–H and O–H groups in total. The van der Waals surface area contributed by atoms with Crippen molar-refractivity contribution in [2.45, 2.75) is 29.1 Å². The predicted molar refractivity (Wildman–Crippen MR) is 140 cm³/mol. The van der Waals surface area contributed by atoms with Crippen LogP contribution in [0.3, 0.4) is 0 Å². The Morgan fingerprint density at radius 3 is 2.60 bits per heavy atom. The molecule has 0 spiro atoms. The molecule has 1 aliphatic heterocycles. The van der Waals surface area contributed by atoms with Gasteiger partial charge in [-0.3, -0.25) is 9.78 Å². The number of aromatic nitrogens is 2. The van der Waals surface area contributed by atoms with Crippen molar-refractivity contribution in [2.24, 2.45) is 0 Å². The van der Waals surface area contributed by atoms with Gasteiger partial charge in [0.25, 0.3) is 5.91 Å². The number of fused-ring (bicyclic) bond motifs is 1. The van der Waals surface area contributed by atoms with Gasteiger partial charge in [-0.1, -0.05) is 30.3 Å². The van der Waals surface area contributed by atoms with Gasteiger partial charge in [0.05, 0.1) is 30.1 Å². The Kier molecular flexibility index (Phi) is 7.11. The van der Waals surface area contributed by atoms with Crippen LogP contribution in [0.1, 0.15) is 29.6 Å². The van der Waals surface area contributed by atoms with Crippen molar-refractivity contribution in [3.8, 4) is 5.75 Å². The number of nitrogens with one attached hydrogen (secondary N) is 2. The highest BCUT2D eigenvalue weighted by molar-refractivity contribution is 7.99. The summed E-state index contributed by atoms with van der Waals surface area (Å²) in [5.74, 6) is 0.545. The number of ether oxygens (including phenoxy) is 1. The van der Waals surface area contributed by atoms with E-state index in [1.807, 2.05) is 60.7 Å². The lowest BCUT2D eigenvalue weighted by Gasteiger charge is -2.28. The first-order valence-corrected chi connectivity index (χ1v) is 12.5. The van der Waals surface area contributed by atoms with Crippen LogP contribution in [0.4, 0.5) is 11.4 Å². The highest BCUT2D eigenvalue weighted by Crippen LogP contribution is 2.33. The zero-order valence-electron chi connectivity index (χ0n) is 19.5. The molecule has 0 bridgehead atoms. The van der Waals surface area contributed by atoms with Gasteiger partial charge in [-0.05, 0) is 55.3 Å². The molecule has 4 aromatic rings. The molecule has 35 heavy (non-hydrogen) atoms. The number of piperidine rings is 1. The summed E-state index contributed by atoms with van der Waals surface area (Å²) in [7, 11) is 1.62. The first kappa shape index (κ1) is 23.1. The van der Waals surface area contributed by atoms with Crippen molar-refractivity contribution >= 4 is 40.1 Å². The molecule has 178 valence electrons. The van der Waals surface area contributed by atoms with Crippen molar-refractivity contribution < 1.29 is 9.53 Å². The van der Waals surface area contributed by atoms with Crippen LogP contribution in [-0.2, 0) is 0 Å². The Bertz CT molecular complexity index is 1320. The van der Waals surface area contributed by atoms with Gasteiger partial charge < -0.3 is 15.5 Å². The van der Waals surface area contributed by atoms with E-state index >= 15 is 0 Å². The Hall–Kier alpha value is -3.62. The quantitative estimate of drug-likeness (QED) is 0.340. The minimum Gasteiger partial charge on any atom is -0.495 e. The average Bonchev–Trinajstić information content (AvgIpc) is 2.90. The summed E-state index contributed by atoms with van der Waals surface area (Å²) in [4.78, 5) is 24.0. The van der Waals surface area contributed by atoms with Gasteiger partial charge in [-0.15, -0.1) is 0 Å². The maximum absolute atomic E-state index is 13.1. The molecule has 8 heteroatoms. The number of para-hydroxylation sites is 1. The normalized spacial score (nSPS) is 14.0. The van der Waals surface area contributed by atoms with Gasteiger partial charge in [0.15, 0.2) is 0 Å². The van der Waals surface area contributed by atoms with E-state index in [0.29, 0.717) is 11.3 Å². The van der Waals surface area contributed by atoms with Gasteiger partial charge in [-0.25, -0.2) is 9.99 Å². The Labute approximate surface area is 208 Å². The lowest BCUT2D eigenvalue weighted by molar-refractivity contribution is 0.102. The zero-order chi connectivity index (χ0) is 24.0. The molecule has 3 heterocycles. The number of carbonyl (C=O) groups is 1. The van der Waals surface area contributed by atoms with Gasteiger partial charge >= 0.3 is 0 Å². The van der Waals surface area contributed by atoms with Crippen LogP contribution in [0, 0.1) is 0 Å². The molecule has 2 aromatic heterocycles. The van der Waals surface area contributed by atoms with Gasteiger partial charge in [0, 0.05) is 40.8 Å². The third kappa shape index (κ3) is 5.55. The molecule has 0 atom stereocenters. The fourth-order valence-electron chi connectivity index (χ4n) is 4.07. The molecular formula is C27H27N5O2S. The van der Waals surface area contributed by atoms with Crippen LogP contribution in [-0.4, -0.2) is 41.1 Å². The van der Waals surface area contributed by atoms with Crippen molar-refractivity contribution in [1.82, 2.24) is 15.0 Å². The van der Waals surface area contributed by atoms with Crippen molar-refractivity contribution in [2.75, 3.05) is 30.9 Å². The third-order valence-corrected chi connectivity index (χ3v) is 6.95. The topological polar surface area (TPSA) is 79.4 Å². The zero-order valence-corrected chi connectivity index (χ0v) is 20.3. The summed E-state index contributed by atoms with van der Waals surface area (Å²) >= 11 is 1.60. The number of benzene rings is 2. The second-order valence-electron chi connectivity index (χ2n) is 8.34. The maximum Gasteiger partial charge on any atom is 0.257 e.